The molecule has 0 N–H and O–H groups in total. The first kappa shape index (κ1) is 15.1. The van der Waals surface area contributed by atoms with Gasteiger partial charge in [0.1, 0.15) is 5.69 Å². The van der Waals surface area contributed by atoms with Crippen molar-refractivity contribution in [1.82, 2.24) is 14.9 Å². The maximum Gasteiger partial charge on any atom is 0.273 e. The van der Waals surface area contributed by atoms with Gasteiger partial charge in [-0.25, -0.2) is 0 Å². The molecule has 0 atom stereocenters. The molecule has 1 aliphatic heterocycles. The fourth-order valence-electron chi connectivity index (χ4n) is 3.30. The van der Waals surface area contributed by atoms with E-state index in [-0.39, 0.29) is 5.91 Å². The summed E-state index contributed by atoms with van der Waals surface area (Å²) in [5.74, 6) is 0.0300. The topological polar surface area (TPSA) is 49.3 Å². The van der Waals surface area contributed by atoms with E-state index in [1.807, 2.05) is 35.4 Å². The van der Waals surface area contributed by atoms with Crippen molar-refractivity contribution in [1.29, 1.82) is 0 Å². The molecule has 1 amide bonds. The molecule has 0 bridgehead atoms. The van der Waals surface area contributed by atoms with Gasteiger partial charge in [-0.05, 0) is 49.4 Å². The largest absolute Gasteiger partial charge is 0.371 e. The molecule has 2 aliphatic rings. The van der Waals surface area contributed by atoms with E-state index in [1.54, 1.807) is 12.4 Å². The average molecular weight is 322 g/mol. The molecule has 2 aromatic rings. The van der Waals surface area contributed by atoms with Crippen LogP contribution in [0.25, 0.3) is 0 Å². The highest BCUT2D eigenvalue weighted by Crippen LogP contribution is 2.30. The Morgan fingerprint density at radius 2 is 2.04 bits per heavy atom. The van der Waals surface area contributed by atoms with Crippen molar-refractivity contribution in [2.45, 2.75) is 38.3 Å². The van der Waals surface area contributed by atoms with Crippen molar-refractivity contribution in [2.24, 2.45) is 0 Å². The van der Waals surface area contributed by atoms with E-state index < -0.39 is 0 Å². The summed E-state index contributed by atoms with van der Waals surface area (Å²) in [5, 5.41) is 0. The molecule has 1 aliphatic carbocycles. The zero-order valence-corrected chi connectivity index (χ0v) is 13.8. The summed E-state index contributed by atoms with van der Waals surface area (Å²) in [6.45, 7) is 2.74. The van der Waals surface area contributed by atoms with Gasteiger partial charge in [0.05, 0.1) is 0 Å². The van der Waals surface area contributed by atoms with Crippen LogP contribution in [0.4, 0.5) is 5.69 Å². The van der Waals surface area contributed by atoms with Crippen molar-refractivity contribution in [3.8, 4) is 0 Å². The van der Waals surface area contributed by atoms with Gasteiger partial charge in [-0.15, -0.1) is 0 Å². The van der Waals surface area contributed by atoms with Gasteiger partial charge in [0.25, 0.3) is 5.91 Å². The molecule has 5 heteroatoms. The lowest BCUT2D eigenvalue weighted by atomic mass is 10.2. The molecule has 0 spiro atoms. The second kappa shape index (κ2) is 6.59. The van der Waals surface area contributed by atoms with Crippen LogP contribution in [-0.2, 0) is 6.54 Å². The van der Waals surface area contributed by atoms with E-state index in [0.29, 0.717) is 18.3 Å². The van der Waals surface area contributed by atoms with Crippen molar-refractivity contribution >= 4 is 11.6 Å². The van der Waals surface area contributed by atoms with Gasteiger partial charge in [-0.1, -0.05) is 6.07 Å². The molecule has 5 nitrogen and oxygen atoms in total. The number of hydrogen-bond donors (Lipinski definition) is 0. The number of carbonyl (C=O) groups is 1. The minimum atomic E-state index is 0.0300. The third kappa shape index (κ3) is 3.25. The lowest BCUT2D eigenvalue weighted by Crippen LogP contribution is -2.33. The second-order valence-corrected chi connectivity index (χ2v) is 6.62. The van der Waals surface area contributed by atoms with E-state index in [2.05, 4.69) is 14.9 Å². The number of aromatic nitrogens is 2. The molecule has 2 fully saturated rings. The summed E-state index contributed by atoms with van der Waals surface area (Å²) >= 11 is 0. The molecule has 0 radical (unpaired) electrons. The van der Waals surface area contributed by atoms with Crippen LogP contribution in [0.1, 0.15) is 41.7 Å². The summed E-state index contributed by atoms with van der Waals surface area (Å²) in [4.78, 5) is 25.8. The molecule has 3 heterocycles. The van der Waals surface area contributed by atoms with E-state index in [9.17, 15) is 4.79 Å². The SMILES string of the molecule is O=C(c1cc(N2CCCC2)ccn1)N(Cc1cccnc1)C1CC1. The zero-order valence-electron chi connectivity index (χ0n) is 13.8. The van der Waals surface area contributed by atoms with Crippen LogP contribution >= 0.6 is 0 Å². The van der Waals surface area contributed by atoms with E-state index in [0.717, 1.165) is 37.2 Å². The molecule has 2 aromatic heterocycles. The minimum absolute atomic E-state index is 0.0300. The van der Waals surface area contributed by atoms with Crippen molar-refractivity contribution in [3.63, 3.8) is 0 Å². The predicted molar refractivity (Wildman–Crippen MR) is 92.8 cm³/mol. The predicted octanol–water partition coefficient (Wildman–Crippen LogP) is 2.88. The van der Waals surface area contributed by atoms with Crippen LogP contribution in [0.3, 0.4) is 0 Å². The molecule has 24 heavy (non-hydrogen) atoms. The Labute approximate surface area is 142 Å². The van der Waals surface area contributed by atoms with Gasteiger partial charge in [0.2, 0.25) is 0 Å². The summed E-state index contributed by atoms with van der Waals surface area (Å²) in [7, 11) is 0. The molecule has 1 saturated heterocycles. The average Bonchev–Trinajstić information content (AvgIpc) is 3.33. The first-order valence-electron chi connectivity index (χ1n) is 8.72. The maximum absolute atomic E-state index is 13.0. The molecule has 4 rings (SSSR count). The van der Waals surface area contributed by atoms with Gasteiger partial charge in [0.15, 0.2) is 0 Å². The van der Waals surface area contributed by atoms with Gasteiger partial charge >= 0.3 is 0 Å². The quantitative estimate of drug-likeness (QED) is 0.849. The lowest BCUT2D eigenvalue weighted by Gasteiger charge is -2.23. The number of nitrogens with zero attached hydrogens (tertiary/aromatic N) is 4. The van der Waals surface area contributed by atoms with Crippen molar-refractivity contribution in [2.75, 3.05) is 18.0 Å². The van der Waals surface area contributed by atoms with E-state index in [4.69, 9.17) is 0 Å². The van der Waals surface area contributed by atoms with Crippen LogP contribution in [0, 0.1) is 0 Å². The Kier molecular flexibility index (Phi) is 4.15. The van der Waals surface area contributed by atoms with Crippen molar-refractivity contribution < 1.29 is 4.79 Å². The fraction of sp³-hybridized carbons (Fsp3) is 0.421. The zero-order chi connectivity index (χ0) is 16.4. The van der Waals surface area contributed by atoms with Gasteiger partial charge in [-0.3, -0.25) is 14.8 Å². The Bertz CT molecular complexity index is 708. The highest BCUT2D eigenvalue weighted by atomic mass is 16.2. The molecule has 1 saturated carbocycles. The maximum atomic E-state index is 13.0. The molecular weight excluding hydrogens is 300 g/mol. The summed E-state index contributed by atoms with van der Waals surface area (Å²) in [6, 6.07) is 8.23. The highest BCUT2D eigenvalue weighted by Gasteiger charge is 2.33. The van der Waals surface area contributed by atoms with Crippen LogP contribution in [-0.4, -0.2) is 39.9 Å². The molecule has 0 unspecified atom stereocenters. The third-order valence-corrected chi connectivity index (χ3v) is 4.76. The summed E-state index contributed by atoms with van der Waals surface area (Å²) < 4.78 is 0. The van der Waals surface area contributed by atoms with E-state index in [1.165, 1.54) is 12.8 Å². The number of pyridine rings is 2. The normalized spacial score (nSPS) is 17.1. The number of hydrogen-bond acceptors (Lipinski definition) is 4. The van der Waals surface area contributed by atoms with Crippen molar-refractivity contribution in [3.05, 3.63) is 54.1 Å². The van der Waals surface area contributed by atoms with Crippen LogP contribution in [0.2, 0.25) is 0 Å². The summed E-state index contributed by atoms with van der Waals surface area (Å²) in [6.07, 6.45) is 9.96. The van der Waals surface area contributed by atoms with Gasteiger partial charge < -0.3 is 9.80 Å². The van der Waals surface area contributed by atoms with Crippen LogP contribution < -0.4 is 4.90 Å². The lowest BCUT2D eigenvalue weighted by molar-refractivity contribution is 0.0724. The smallest absolute Gasteiger partial charge is 0.273 e. The Morgan fingerprint density at radius 3 is 2.75 bits per heavy atom. The number of carbonyl (C=O) groups excluding carboxylic acids is 1. The van der Waals surface area contributed by atoms with E-state index >= 15 is 0 Å². The number of rotatable bonds is 5. The van der Waals surface area contributed by atoms with Gasteiger partial charge in [0, 0.05) is 50.0 Å². The van der Waals surface area contributed by atoms with Gasteiger partial charge in [-0.2, -0.15) is 0 Å². The first-order chi connectivity index (χ1) is 11.8. The highest BCUT2D eigenvalue weighted by molar-refractivity contribution is 5.93. The Hall–Kier alpha value is -2.43. The molecule has 124 valence electrons. The second-order valence-electron chi connectivity index (χ2n) is 6.62. The Morgan fingerprint density at radius 1 is 1.21 bits per heavy atom. The summed E-state index contributed by atoms with van der Waals surface area (Å²) in [5.41, 5.74) is 2.73. The number of anilines is 1. The number of amides is 1. The molecular formula is C19H22N4O. The molecule has 0 aromatic carbocycles. The Balaban J connectivity index is 1.55. The fourth-order valence-corrected chi connectivity index (χ4v) is 3.30. The standard InChI is InChI=1S/C19H22N4O/c24-19(18-12-17(7-9-21-18)22-10-1-2-11-22)23(16-5-6-16)14-15-4-3-8-20-13-15/h3-4,7-9,12-13,16H,1-2,5-6,10-11,14H2. The third-order valence-electron chi connectivity index (χ3n) is 4.76. The van der Waals surface area contributed by atoms with Crippen LogP contribution in [0.15, 0.2) is 42.9 Å². The first-order valence-corrected chi connectivity index (χ1v) is 8.72. The monoisotopic (exact) mass is 322 g/mol. The minimum Gasteiger partial charge on any atom is -0.371 e. The van der Waals surface area contributed by atoms with Crippen LogP contribution in [0.5, 0.6) is 0 Å².